The molecular weight excluding hydrogens is 330 g/mol. The molecule has 0 bridgehead atoms. The second kappa shape index (κ2) is 7.88. The third kappa shape index (κ3) is 3.90. The highest BCUT2D eigenvalue weighted by molar-refractivity contribution is 5.97. The number of Topliss-reactive ketones (excluding diaryl/α,β-unsaturated/α-hetero) is 1. The van der Waals surface area contributed by atoms with Crippen LogP contribution in [0.3, 0.4) is 0 Å². The van der Waals surface area contributed by atoms with Crippen LogP contribution in [0.5, 0.6) is 0 Å². The molecule has 2 nitrogen and oxygen atoms in total. The van der Waals surface area contributed by atoms with Gasteiger partial charge in [0.1, 0.15) is 0 Å². The number of nitrogens with one attached hydrogen (secondary N) is 1. The number of anilines is 1. The molecule has 0 heterocycles. The molecule has 1 unspecified atom stereocenters. The van der Waals surface area contributed by atoms with Crippen molar-refractivity contribution < 1.29 is 4.79 Å². The number of carbonyl (C=O) groups excluding carboxylic acids is 1. The van der Waals surface area contributed by atoms with E-state index in [2.05, 4.69) is 35.6 Å². The molecule has 4 rings (SSSR count). The maximum Gasteiger partial charge on any atom is 0.165 e. The lowest BCUT2D eigenvalue weighted by molar-refractivity contribution is 0.0976. The molecule has 4 aromatic rings. The molecule has 4 aromatic carbocycles. The van der Waals surface area contributed by atoms with Crippen LogP contribution in [-0.4, -0.2) is 5.78 Å². The van der Waals surface area contributed by atoms with Gasteiger partial charge in [-0.15, -0.1) is 0 Å². The summed E-state index contributed by atoms with van der Waals surface area (Å²) in [6, 6.07) is 34.1. The highest BCUT2D eigenvalue weighted by Gasteiger charge is 2.19. The van der Waals surface area contributed by atoms with Crippen LogP contribution in [0.4, 0.5) is 5.69 Å². The minimum Gasteiger partial charge on any atom is -0.378 e. The number of carbonyl (C=O) groups is 1. The van der Waals surface area contributed by atoms with E-state index in [-0.39, 0.29) is 11.8 Å². The van der Waals surface area contributed by atoms with Gasteiger partial charge in [-0.2, -0.15) is 0 Å². The SMILES string of the molecule is O=C(CC(Nc1ccccc1)c1cccc2ccccc12)c1ccccc1. The van der Waals surface area contributed by atoms with Crippen LogP contribution < -0.4 is 5.32 Å². The molecule has 0 aliphatic rings. The van der Waals surface area contributed by atoms with Gasteiger partial charge in [-0.05, 0) is 28.5 Å². The molecule has 0 saturated carbocycles. The van der Waals surface area contributed by atoms with E-state index in [9.17, 15) is 4.79 Å². The Morgan fingerprint density at radius 3 is 2.11 bits per heavy atom. The Morgan fingerprint density at radius 2 is 1.33 bits per heavy atom. The van der Waals surface area contributed by atoms with Crippen LogP contribution >= 0.6 is 0 Å². The fourth-order valence-electron chi connectivity index (χ4n) is 3.46. The Bertz CT molecular complexity index is 1040. The van der Waals surface area contributed by atoms with Crippen molar-refractivity contribution in [2.45, 2.75) is 12.5 Å². The monoisotopic (exact) mass is 351 g/mol. The molecule has 1 N–H and O–H groups in total. The van der Waals surface area contributed by atoms with E-state index >= 15 is 0 Å². The van der Waals surface area contributed by atoms with Gasteiger partial charge in [0.25, 0.3) is 0 Å². The largest absolute Gasteiger partial charge is 0.378 e. The Labute approximate surface area is 159 Å². The first-order chi connectivity index (χ1) is 13.3. The average molecular weight is 351 g/mol. The molecule has 0 saturated heterocycles. The molecule has 0 radical (unpaired) electrons. The summed E-state index contributed by atoms with van der Waals surface area (Å²) >= 11 is 0. The lowest BCUT2D eigenvalue weighted by Crippen LogP contribution is -2.16. The number of rotatable bonds is 6. The molecule has 0 amide bonds. The summed E-state index contributed by atoms with van der Waals surface area (Å²) in [5.74, 6) is 0.136. The van der Waals surface area contributed by atoms with Gasteiger partial charge in [-0.1, -0.05) is 91.0 Å². The third-order valence-electron chi connectivity index (χ3n) is 4.80. The van der Waals surface area contributed by atoms with E-state index in [0.29, 0.717) is 6.42 Å². The lowest BCUT2D eigenvalue weighted by atomic mass is 9.93. The topological polar surface area (TPSA) is 29.1 Å². The fraction of sp³-hybridized carbons (Fsp3) is 0.0800. The predicted octanol–water partition coefficient (Wildman–Crippen LogP) is 6.27. The molecule has 1 atom stereocenters. The number of hydrogen-bond donors (Lipinski definition) is 1. The van der Waals surface area contributed by atoms with E-state index in [1.54, 1.807) is 0 Å². The number of fused-ring (bicyclic) bond motifs is 1. The summed E-state index contributed by atoms with van der Waals surface area (Å²) in [7, 11) is 0. The zero-order valence-corrected chi connectivity index (χ0v) is 15.0. The van der Waals surface area contributed by atoms with Crippen molar-refractivity contribution in [2.24, 2.45) is 0 Å². The van der Waals surface area contributed by atoms with E-state index in [1.807, 2.05) is 72.8 Å². The van der Waals surface area contributed by atoms with Crippen LogP contribution in [0.1, 0.15) is 28.4 Å². The second-order valence-corrected chi connectivity index (χ2v) is 6.62. The molecule has 2 heteroatoms. The Hall–Kier alpha value is -3.39. The highest BCUT2D eigenvalue weighted by atomic mass is 16.1. The first-order valence-corrected chi connectivity index (χ1v) is 9.19. The summed E-state index contributed by atoms with van der Waals surface area (Å²) in [5.41, 5.74) is 2.90. The lowest BCUT2D eigenvalue weighted by Gasteiger charge is -2.22. The summed E-state index contributed by atoms with van der Waals surface area (Å²) in [6.07, 6.45) is 0.396. The van der Waals surface area contributed by atoms with Crippen molar-refractivity contribution in [3.05, 3.63) is 114 Å². The molecule has 0 aliphatic carbocycles. The summed E-state index contributed by atoms with van der Waals surface area (Å²) in [4.78, 5) is 12.9. The maximum absolute atomic E-state index is 12.9. The van der Waals surface area contributed by atoms with Crippen LogP contribution in [0.15, 0.2) is 103 Å². The zero-order valence-electron chi connectivity index (χ0n) is 15.0. The first-order valence-electron chi connectivity index (χ1n) is 9.19. The van der Waals surface area contributed by atoms with Gasteiger partial charge in [0.05, 0.1) is 6.04 Å². The van der Waals surface area contributed by atoms with Gasteiger partial charge in [0.2, 0.25) is 0 Å². The number of ketones is 1. The van der Waals surface area contributed by atoms with E-state index < -0.39 is 0 Å². The fourth-order valence-corrected chi connectivity index (χ4v) is 3.46. The molecule has 0 aliphatic heterocycles. The van der Waals surface area contributed by atoms with Crippen molar-refractivity contribution in [2.75, 3.05) is 5.32 Å². The average Bonchev–Trinajstić information content (AvgIpc) is 2.74. The van der Waals surface area contributed by atoms with Gasteiger partial charge >= 0.3 is 0 Å². The number of hydrogen-bond acceptors (Lipinski definition) is 2. The van der Waals surface area contributed by atoms with Crippen molar-refractivity contribution >= 4 is 22.2 Å². The van der Waals surface area contributed by atoms with Gasteiger partial charge in [-0.3, -0.25) is 4.79 Å². The Morgan fingerprint density at radius 1 is 0.704 bits per heavy atom. The first kappa shape index (κ1) is 17.0. The normalized spacial score (nSPS) is 11.9. The zero-order chi connectivity index (χ0) is 18.5. The predicted molar refractivity (Wildman–Crippen MR) is 112 cm³/mol. The Balaban J connectivity index is 1.72. The Kier molecular flexibility index (Phi) is 4.97. The second-order valence-electron chi connectivity index (χ2n) is 6.62. The minimum atomic E-state index is -0.105. The van der Waals surface area contributed by atoms with E-state index in [4.69, 9.17) is 0 Å². The minimum absolute atomic E-state index is 0.105. The summed E-state index contributed by atoms with van der Waals surface area (Å²) < 4.78 is 0. The van der Waals surface area contributed by atoms with E-state index in [0.717, 1.165) is 16.8 Å². The molecule has 132 valence electrons. The van der Waals surface area contributed by atoms with Crippen LogP contribution in [0, 0.1) is 0 Å². The molecule has 0 spiro atoms. The standard InChI is InChI=1S/C25H21NO/c27-25(20-11-3-1-4-12-20)18-24(26-21-14-5-2-6-15-21)23-17-9-13-19-10-7-8-16-22(19)23/h1-17,24,26H,18H2. The van der Waals surface area contributed by atoms with Crippen molar-refractivity contribution in [1.29, 1.82) is 0 Å². The molecular formula is C25H21NO. The van der Waals surface area contributed by atoms with Crippen molar-refractivity contribution in [3.8, 4) is 0 Å². The molecule has 0 fully saturated rings. The van der Waals surface area contributed by atoms with Crippen molar-refractivity contribution in [1.82, 2.24) is 0 Å². The van der Waals surface area contributed by atoms with Crippen LogP contribution in [0.2, 0.25) is 0 Å². The smallest absolute Gasteiger partial charge is 0.165 e. The van der Waals surface area contributed by atoms with Crippen LogP contribution in [-0.2, 0) is 0 Å². The quantitative estimate of drug-likeness (QED) is 0.415. The number of para-hydroxylation sites is 1. The molecule has 27 heavy (non-hydrogen) atoms. The number of benzene rings is 4. The van der Waals surface area contributed by atoms with Gasteiger partial charge < -0.3 is 5.32 Å². The third-order valence-corrected chi connectivity index (χ3v) is 4.80. The van der Waals surface area contributed by atoms with E-state index in [1.165, 1.54) is 10.8 Å². The van der Waals surface area contributed by atoms with Gasteiger partial charge in [0.15, 0.2) is 5.78 Å². The summed E-state index contributed by atoms with van der Waals surface area (Å²) in [6.45, 7) is 0. The maximum atomic E-state index is 12.9. The van der Waals surface area contributed by atoms with Gasteiger partial charge in [0, 0.05) is 17.7 Å². The molecule has 0 aromatic heterocycles. The van der Waals surface area contributed by atoms with Gasteiger partial charge in [-0.25, -0.2) is 0 Å². The van der Waals surface area contributed by atoms with Crippen molar-refractivity contribution in [3.63, 3.8) is 0 Å². The summed E-state index contributed by atoms with van der Waals surface area (Å²) in [5, 5.41) is 5.92. The van der Waals surface area contributed by atoms with Crippen LogP contribution in [0.25, 0.3) is 10.8 Å². The highest BCUT2D eigenvalue weighted by Crippen LogP contribution is 2.30.